The second kappa shape index (κ2) is 6.43. The van der Waals surface area contributed by atoms with Gasteiger partial charge in [-0.05, 0) is 18.6 Å². The Morgan fingerprint density at radius 2 is 2.12 bits per heavy atom. The van der Waals surface area contributed by atoms with Crippen LogP contribution in [0.3, 0.4) is 0 Å². The summed E-state index contributed by atoms with van der Waals surface area (Å²) in [6.45, 7) is 1.97. The van der Waals surface area contributed by atoms with Gasteiger partial charge in [-0.15, -0.1) is 0 Å². The molecule has 1 unspecified atom stereocenters. The molecule has 7 nitrogen and oxygen atoms in total. The molecule has 25 heavy (non-hydrogen) atoms. The van der Waals surface area contributed by atoms with E-state index in [1.807, 2.05) is 42.8 Å². The molecule has 1 aliphatic rings. The average Bonchev–Trinajstić information content (AvgIpc) is 3.13. The Bertz CT molecular complexity index is 869. The maximum absolute atomic E-state index is 12.4. The highest BCUT2D eigenvalue weighted by molar-refractivity contribution is 6.06. The van der Waals surface area contributed by atoms with E-state index in [1.165, 1.54) is 4.90 Å². The number of amides is 2. The molecule has 0 radical (unpaired) electrons. The van der Waals surface area contributed by atoms with Crippen LogP contribution in [-0.2, 0) is 16.6 Å². The lowest BCUT2D eigenvalue weighted by atomic mass is 10.0. The first-order chi connectivity index (χ1) is 11.9. The van der Waals surface area contributed by atoms with Gasteiger partial charge in [0.05, 0.1) is 36.4 Å². The van der Waals surface area contributed by atoms with Gasteiger partial charge >= 0.3 is 0 Å². The van der Waals surface area contributed by atoms with Crippen molar-refractivity contribution in [2.75, 3.05) is 13.6 Å². The second-order valence-corrected chi connectivity index (χ2v) is 6.20. The van der Waals surface area contributed by atoms with Crippen LogP contribution in [-0.4, -0.2) is 45.0 Å². The fourth-order valence-corrected chi connectivity index (χ4v) is 2.84. The Hall–Kier alpha value is -3.09. The minimum atomic E-state index is -0.531. The number of hydrogen-bond donors (Lipinski definition) is 2. The molecule has 1 aliphatic heterocycles. The van der Waals surface area contributed by atoms with Gasteiger partial charge in [0.25, 0.3) is 11.8 Å². The number of aryl methyl sites for hydroxylation is 1. The summed E-state index contributed by atoms with van der Waals surface area (Å²) in [5, 5.41) is 12.6. The van der Waals surface area contributed by atoms with E-state index in [4.69, 9.17) is 0 Å². The summed E-state index contributed by atoms with van der Waals surface area (Å²) in [5.41, 5.74) is 2.99. The summed E-state index contributed by atoms with van der Waals surface area (Å²) in [7, 11) is 3.46. The lowest BCUT2D eigenvalue weighted by Gasteiger charge is -2.16. The SMILES string of the molecule is CC(NC(=O)C1=C(O)C(=O)N(C)C1)c1cccc(-c2cncn2C)c1. The molecule has 130 valence electrons. The largest absolute Gasteiger partial charge is 0.503 e. The number of aliphatic hydroxyl groups is 1. The molecule has 0 saturated carbocycles. The summed E-state index contributed by atoms with van der Waals surface area (Å²) in [6.07, 6.45) is 3.52. The molecule has 0 saturated heterocycles. The summed E-state index contributed by atoms with van der Waals surface area (Å²) >= 11 is 0. The van der Waals surface area contributed by atoms with Crippen LogP contribution >= 0.6 is 0 Å². The molecule has 1 aromatic carbocycles. The fourth-order valence-electron chi connectivity index (χ4n) is 2.84. The van der Waals surface area contributed by atoms with Crippen LogP contribution in [0, 0.1) is 0 Å². The summed E-state index contributed by atoms with van der Waals surface area (Å²) in [4.78, 5) is 29.4. The highest BCUT2D eigenvalue weighted by Crippen LogP contribution is 2.23. The van der Waals surface area contributed by atoms with Gasteiger partial charge in [0.15, 0.2) is 5.76 Å². The zero-order valence-electron chi connectivity index (χ0n) is 14.4. The van der Waals surface area contributed by atoms with Gasteiger partial charge in [0.2, 0.25) is 0 Å². The molecule has 0 aliphatic carbocycles. The quantitative estimate of drug-likeness (QED) is 0.884. The molecule has 7 heteroatoms. The maximum atomic E-state index is 12.4. The number of hydrogen-bond acceptors (Lipinski definition) is 4. The number of aromatic nitrogens is 2. The predicted molar refractivity (Wildman–Crippen MR) is 92.5 cm³/mol. The van der Waals surface area contributed by atoms with Crippen molar-refractivity contribution in [3.8, 4) is 11.3 Å². The minimum absolute atomic E-state index is 0.0992. The lowest BCUT2D eigenvalue weighted by Crippen LogP contribution is -2.30. The van der Waals surface area contributed by atoms with E-state index in [0.717, 1.165) is 16.8 Å². The van der Waals surface area contributed by atoms with Crippen molar-refractivity contribution in [1.82, 2.24) is 19.8 Å². The van der Waals surface area contributed by atoms with E-state index in [1.54, 1.807) is 19.6 Å². The van der Waals surface area contributed by atoms with Gasteiger partial charge in [0.1, 0.15) is 0 Å². The Morgan fingerprint density at radius 3 is 2.72 bits per heavy atom. The number of likely N-dealkylation sites (N-methyl/N-ethyl adjacent to an activating group) is 1. The minimum Gasteiger partial charge on any atom is -0.503 e. The number of benzene rings is 1. The van der Waals surface area contributed by atoms with E-state index in [0.29, 0.717) is 0 Å². The van der Waals surface area contributed by atoms with Crippen molar-refractivity contribution in [1.29, 1.82) is 0 Å². The highest BCUT2D eigenvalue weighted by atomic mass is 16.3. The molecule has 0 bridgehead atoms. The van der Waals surface area contributed by atoms with Crippen LogP contribution in [0.25, 0.3) is 11.3 Å². The summed E-state index contributed by atoms with van der Waals surface area (Å²) in [5.74, 6) is -1.44. The van der Waals surface area contributed by atoms with Crippen LogP contribution in [0.4, 0.5) is 0 Å². The molecule has 1 atom stereocenters. The molecule has 0 fully saturated rings. The Balaban J connectivity index is 1.78. The first-order valence-corrected chi connectivity index (χ1v) is 7.93. The van der Waals surface area contributed by atoms with Gasteiger partial charge in [-0.1, -0.05) is 18.2 Å². The van der Waals surface area contributed by atoms with Gasteiger partial charge in [-0.3, -0.25) is 9.59 Å². The third-order valence-corrected chi connectivity index (χ3v) is 4.35. The number of imidazole rings is 1. The first-order valence-electron chi connectivity index (χ1n) is 7.93. The monoisotopic (exact) mass is 340 g/mol. The number of nitrogens with one attached hydrogen (secondary N) is 1. The standard InChI is InChI=1S/C18H20N4O3/c1-11(20-17(24)14-9-21(2)18(25)16(14)23)12-5-4-6-13(7-12)15-8-19-10-22(15)3/h4-8,10-11,23H,9H2,1-3H3,(H,20,24). The van der Waals surface area contributed by atoms with E-state index < -0.39 is 17.6 Å². The van der Waals surface area contributed by atoms with Crippen LogP contribution in [0.2, 0.25) is 0 Å². The summed E-state index contributed by atoms with van der Waals surface area (Å²) in [6, 6.07) is 7.53. The van der Waals surface area contributed by atoms with Crippen molar-refractivity contribution in [2.45, 2.75) is 13.0 Å². The molecule has 1 aromatic heterocycles. The number of carbonyl (C=O) groups is 2. The average molecular weight is 340 g/mol. The molecule has 3 rings (SSSR count). The molecule has 2 aromatic rings. The predicted octanol–water partition coefficient (Wildman–Crippen LogP) is 1.55. The number of rotatable bonds is 4. The first kappa shape index (κ1) is 16.8. The zero-order chi connectivity index (χ0) is 18.1. The lowest BCUT2D eigenvalue weighted by molar-refractivity contribution is -0.126. The normalized spacial score (nSPS) is 15.6. The van der Waals surface area contributed by atoms with Gasteiger partial charge in [-0.2, -0.15) is 0 Å². The smallest absolute Gasteiger partial charge is 0.289 e. The van der Waals surface area contributed by atoms with Crippen molar-refractivity contribution in [2.24, 2.45) is 7.05 Å². The highest BCUT2D eigenvalue weighted by Gasteiger charge is 2.32. The molecular formula is C18H20N4O3. The third-order valence-electron chi connectivity index (χ3n) is 4.35. The van der Waals surface area contributed by atoms with Gasteiger partial charge < -0.3 is 19.9 Å². The van der Waals surface area contributed by atoms with E-state index >= 15 is 0 Å². The maximum Gasteiger partial charge on any atom is 0.289 e. The fraction of sp³-hybridized carbons (Fsp3) is 0.278. The summed E-state index contributed by atoms with van der Waals surface area (Å²) < 4.78 is 1.92. The van der Waals surface area contributed by atoms with Crippen LogP contribution in [0.5, 0.6) is 0 Å². The van der Waals surface area contributed by atoms with Gasteiger partial charge in [-0.25, -0.2) is 4.98 Å². The van der Waals surface area contributed by atoms with Crippen molar-refractivity contribution in [3.05, 3.63) is 53.7 Å². The molecule has 2 N–H and O–H groups in total. The number of carbonyl (C=O) groups excluding carboxylic acids is 2. The van der Waals surface area contributed by atoms with Crippen LogP contribution in [0.15, 0.2) is 48.1 Å². The molecule has 2 amide bonds. The van der Waals surface area contributed by atoms with Gasteiger partial charge in [0, 0.05) is 19.7 Å². The van der Waals surface area contributed by atoms with Crippen LogP contribution in [0.1, 0.15) is 18.5 Å². The van der Waals surface area contributed by atoms with Crippen molar-refractivity contribution in [3.63, 3.8) is 0 Å². The van der Waals surface area contributed by atoms with Crippen molar-refractivity contribution < 1.29 is 14.7 Å². The Labute approximate surface area is 145 Å². The number of aliphatic hydroxyl groups excluding tert-OH is 1. The van der Waals surface area contributed by atoms with E-state index in [9.17, 15) is 14.7 Å². The van der Waals surface area contributed by atoms with Crippen molar-refractivity contribution >= 4 is 11.8 Å². The molecule has 0 spiro atoms. The van der Waals surface area contributed by atoms with E-state index in [-0.39, 0.29) is 18.2 Å². The zero-order valence-corrected chi connectivity index (χ0v) is 14.4. The second-order valence-electron chi connectivity index (χ2n) is 6.20. The number of nitrogens with zero attached hydrogens (tertiary/aromatic N) is 3. The van der Waals surface area contributed by atoms with E-state index in [2.05, 4.69) is 10.3 Å². The topological polar surface area (TPSA) is 87.5 Å². The Morgan fingerprint density at radius 1 is 1.36 bits per heavy atom. The Kier molecular flexibility index (Phi) is 4.31. The third kappa shape index (κ3) is 3.13. The molecular weight excluding hydrogens is 320 g/mol. The molecule has 2 heterocycles. The van der Waals surface area contributed by atoms with Crippen LogP contribution < -0.4 is 5.32 Å².